The van der Waals surface area contributed by atoms with E-state index < -0.39 is 0 Å². The van der Waals surface area contributed by atoms with Gasteiger partial charge in [-0.2, -0.15) is 0 Å². The summed E-state index contributed by atoms with van der Waals surface area (Å²) in [6.07, 6.45) is 7.56. The van der Waals surface area contributed by atoms with Crippen molar-refractivity contribution in [2.75, 3.05) is 6.54 Å². The molecule has 2 N–H and O–H groups in total. The van der Waals surface area contributed by atoms with Crippen molar-refractivity contribution >= 4 is 5.91 Å². The summed E-state index contributed by atoms with van der Waals surface area (Å²) in [6.45, 7) is 0.161. The van der Waals surface area contributed by atoms with Gasteiger partial charge in [-0.3, -0.25) is 9.78 Å². The van der Waals surface area contributed by atoms with Crippen LogP contribution in [0.5, 0.6) is 5.75 Å². The monoisotopic (exact) mass is 176 g/mol. The molecule has 0 radical (unpaired) electrons. The normalized spacial score (nSPS) is 8.85. The standard InChI is InChI=1S/C9H8N2O2/c1-2-3-11-9(13)7-4-8(12)6-10-5-7/h1,4-6,12H,3H2,(H,11,13). The van der Waals surface area contributed by atoms with Gasteiger partial charge in [0.15, 0.2) is 0 Å². The molecule has 0 fully saturated rings. The number of hydrogen-bond acceptors (Lipinski definition) is 3. The summed E-state index contributed by atoms with van der Waals surface area (Å²) in [5, 5.41) is 11.5. The lowest BCUT2D eigenvalue weighted by Gasteiger charge is -2.00. The fourth-order valence-corrected chi connectivity index (χ4v) is 0.785. The molecule has 1 aromatic rings. The molecule has 0 saturated carbocycles. The molecule has 1 rings (SSSR count). The van der Waals surface area contributed by atoms with Gasteiger partial charge in [0.1, 0.15) is 5.75 Å². The second-order valence-electron chi connectivity index (χ2n) is 2.32. The lowest BCUT2D eigenvalue weighted by Crippen LogP contribution is -2.23. The summed E-state index contributed by atoms with van der Waals surface area (Å²) in [4.78, 5) is 14.8. The molecule has 1 amide bonds. The molecule has 0 aliphatic carbocycles. The fraction of sp³-hybridized carbons (Fsp3) is 0.111. The van der Waals surface area contributed by atoms with E-state index in [1.54, 1.807) is 0 Å². The van der Waals surface area contributed by atoms with E-state index in [0.717, 1.165) is 0 Å². The van der Waals surface area contributed by atoms with Crippen molar-refractivity contribution in [3.05, 3.63) is 24.0 Å². The number of nitrogens with zero attached hydrogens (tertiary/aromatic N) is 1. The number of pyridine rings is 1. The van der Waals surface area contributed by atoms with Gasteiger partial charge in [0.2, 0.25) is 0 Å². The molecule has 4 nitrogen and oxygen atoms in total. The largest absolute Gasteiger partial charge is 0.506 e. The van der Waals surface area contributed by atoms with Gasteiger partial charge in [-0.1, -0.05) is 5.92 Å². The molecular formula is C9H8N2O2. The molecular weight excluding hydrogens is 168 g/mol. The highest BCUT2D eigenvalue weighted by atomic mass is 16.3. The Bertz CT molecular complexity index is 355. The van der Waals surface area contributed by atoms with Crippen molar-refractivity contribution in [1.29, 1.82) is 0 Å². The molecule has 1 aromatic heterocycles. The summed E-state index contributed by atoms with van der Waals surface area (Å²) in [5.74, 6) is 1.87. The van der Waals surface area contributed by atoms with Crippen LogP contribution < -0.4 is 5.32 Å². The molecule has 66 valence electrons. The first-order chi connectivity index (χ1) is 6.24. The van der Waals surface area contributed by atoms with Crippen LogP contribution in [0, 0.1) is 12.3 Å². The van der Waals surface area contributed by atoms with E-state index in [-0.39, 0.29) is 23.8 Å². The van der Waals surface area contributed by atoms with Crippen LogP contribution in [-0.4, -0.2) is 22.5 Å². The molecule has 0 aliphatic heterocycles. The summed E-state index contributed by atoms with van der Waals surface area (Å²) in [5.41, 5.74) is 0.287. The second kappa shape index (κ2) is 4.12. The summed E-state index contributed by atoms with van der Waals surface area (Å²) < 4.78 is 0. The maximum Gasteiger partial charge on any atom is 0.253 e. The van der Waals surface area contributed by atoms with Gasteiger partial charge >= 0.3 is 0 Å². The Morgan fingerprint density at radius 3 is 3.08 bits per heavy atom. The topological polar surface area (TPSA) is 62.2 Å². The highest BCUT2D eigenvalue weighted by molar-refractivity contribution is 5.94. The van der Waals surface area contributed by atoms with E-state index in [4.69, 9.17) is 11.5 Å². The van der Waals surface area contributed by atoms with Crippen LogP contribution in [0.15, 0.2) is 18.5 Å². The van der Waals surface area contributed by atoms with Crippen LogP contribution >= 0.6 is 0 Å². The Kier molecular flexibility index (Phi) is 2.87. The van der Waals surface area contributed by atoms with E-state index >= 15 is 0 Å². The van der Waals surface area contributed by atoms with Crippen LogP contribution in [0.25, 0.3) is 0 Å². The summed E-state index contributed by atoms with van der Waals surface area (Å²) >= 11 is 0. The van der Waals surface area contributed by atoms with Crippen molar-refractivity contribution in [3.63, 3.8) is 0 Å². The Morgan fingerprint density at radius 1 is 1.69 bits per heavy atom. The first-order valence-electron chi connectivity index (χ1n) is 3.59. The lowest BCUT2D eigenvalue weighted by atomic mass is 10.2. The van der Waals surface area contributed by atoms with Crippen molar-refractivity contribution in [1.82, 2.24) is 10.3 Å². The predicted molar refractivity (Wildman–Crippen MR) is 47.1 cm³/mol. The quantitative estimate of drug-likeness (QED) is 0.630. The molecule has 0 unspecified atom stereocenters. The molecule has 0 aliphatic rings. The number of nitrogens with one attached hydrogen (secondary N) is 1. The molecule has 13 heavy (non-hydrogen) atoms. The summed E-state index contributed by atoms with van der Waals surface area (Å²) in [7, 11) is 0. The van der Waals surface area contributed by atoms with Gasteiger partial charge in [-0.25, -0.2) is 0 Å². The highest BCUT2D eigenvalue weighted by Gasteiger charge is 2.04. The van der Waals surface area contributed by atoms with Gasteiger partial charge in [0, 0.05) is 6.20 Å². The zero-order valence-electron chi connectivity index (χ0n) is 6.82. The minimum absolute atomic E-state index is 0.0478. The van der Waals surface area contributed by atoms with E-state index in [0.29, 0.717) is 0 Å². The molecule has 4 heteroatoms. The van der Waals surface area contributed by atoms with Crippen molar-refractivity contribution in [3.8, 4) is 18.1 Å². The third-order valence-corrected chi connectivity index (χ3v) is 1.34. The Hall–Kier alpha value is -2.02. The maximum absolute atomic E-state index is 11.2. The second-order valence-corrected chi connectivity index (χ2v) is 2.32. The van der Waals surface area contributed by atoms with E-state index in [1.807, 2.05) is 0 Å². The van der Waals surface area contributed by atoms with Crippen molar-refractivity contribution in [2.45, 2.75) is 0 Å². The number of amides is 1. The van der Waals surface area contributed by atoms with Crippen molar-refractivity contribution < 1.29 is 9.90 Å². The van der Waals surface area contributed by atoms with Gasteiger partial charge in [-0.05, 0) is 6.07 Å². The van der Waals surface area contributed by atoms with Crippen molar-refractivity contribution in [2.24, 2.45) is 0 Å². The molecule has 1 heterocycles. The number of aromatic nitrogens is 1. The zero-order valence-corrected chi connectivity index (χ0v) is 6.82. The van der Waals surface area contributed by atoms with Crippen LogP contribution in [0.2, 0.25) is 0 Å². The SMILES string of the molecule is C#CCNC(=O)c1cncc(O)c1. The van der Waals surface area contributed by atoms with Crippen LogP contribution in [0.3, 0.4) is 0 Å². The highest BCUT2D eigenvalue weighted by Crippen LogP contribution is 2.07. The number of rotatable bonds is 2. The number of carbonyl (C=O) groups is 1. The first-order valence-corrected chi connectivity index (χ1v) is 3.59. The third-order valence-electron chi connectivity index (χ3n) is 1.34. The van der Waals surface area contributed by atoms with Gasteiger partial charge < -0.3 is 10.4 Å². The van der Waals surface area contributed by atoms with Gasteiger partial charge in [0.25, 0.3) is 5.91 Å². The average molecular weight is 176 g/mol. The molecule has 0 bridgehead atoms. The predicted octanol–water partition coefficient (Wildman–Crippen LogP) is 0.150. The number of hydrogen-bond donors (Lipinski definition) is 2. The molecule has 0 aromatic carbocycles. The van der Waals surface area contributed by atoms with Crippen LogP contribution in [-0.2, 0) is 0 Å². The van der Waals surface area contributed by atoms with E-state index in [9.17, 15) is 4.79 Å². The smallest absolute Gasteiger partial charge is 0.253 e. The third kappa shape index (κ3) is 2.49. The fourth-order valence-electron chi connectivity index (χ4n) is 0.785. The van der Waals surface area contributed by atoms with Crippen LogP contribution in [0.4, 0.5) is 0 Å². The number of terminal acetylenes is 1. The Balaban J connectivity index is 2.72. The summed E-state index contributed by atoms with van der Waals surface area (Å²) in [6, 6.07) is 1.32. The Morgan fingerprint density at radius 2 is 2.46 bits per heavy atom. The molecule has 0 atom stereocenters. The number of aromatic hydroxyl groups is 1. The maximum atomic E-state index is 11.2. The van der Waals surface area contributed by atoms with E-state index in [1.165, 1.54) is 18.5 Å². The zero-order chi connectivity index (χ0) is 9.68. The van der Waals surface area contributed by atoms with Crippen LogP contribution in [0.1, 0.15) is 10.4 Å². The molecule has 0 saturated heterocycles. The minimum atomic E-state index is -0.346. The average Bonchev–Trinajstić information content (AvgIpc) is 2.14. The van der Waals surface area contributed by atoms with Gasteiger partial charge in [-0.15, -0.1) is 6.42 Å². The minimum Gasteiger partial charge on any atom is -0.506 e. The first kappa shape index (κ1) is 9.07. The number of carbonyl (C=O) groups excluding carboxylic acids is 1. The lowest BCUT2D eigenvalue weighted by molar-refractivity contribution is 0.0958. The van der Waals surface area contributed by atoms with E-state index in [2.05, 4.69) is 16.2 Å². The molecule has 0 spiro atoms. The van der Waals surface area contributed by atoms with Gasteiger partial charge in [0.05, 0.1) is 18.3 Å². The Labute approximate surface area is 75.6 Å².